The van der Waals surface area contributed by atoms with Crippen molar-refractivity contribution in [2.45, 2.75) is 32.5 Å². The summed E-state index contributed by atoms with van der Waals surface area (Å²) in [4.78, 5) is 25.2. The van der Waals surface area contributed by atoms with Crippen molar-refractivity contribution >= 4 is 11.8 Å². The van der Waals surface area contributed by atoms with Gasteiger partial charge in [0.1, 0.15) is 5.57 Å². The van der Waals surface area contributed by atoms with Crippen LogP contribution < -0.4 is 0 Å². The number of carbonyl (C=O) groups is 2. The van der Waals surface area contributed by atoms with Gasteiger partial charge in [-0.3, -0.25) is 4.79 Å². The zero-order valence-corrected chi connectivity index (χ0v) is 12.6. The van der Waals surface area contributed by atoms with E-state index >= 15 is 0 Å². The lowest BCUT2D eigenvalue weighted by molar-refractivity contribution is -0.266. The Bertz CT molecular complexity index is 428. The third-order valence-electron chi connectivity index (χ3n) is 2.96. The molecule has 8 heteroatoms. The van der Waals surface area contributed by atoms with Gasteiger partial charge in [0.25, 0.3) is 0 Å². The summed E-state index contributed by atoms with van der Waals surface area (Å²) in [5.41, 5.74) is -3.79. The van der Waals surface area contributed by atoms with Gasteiger partial charge in [-0.25, -0.2) is 4.79 Å². The SMILES string of the molecule is CCOC(=O)C(=CN(C)C)C(=O)[C@H](C)[C@@](C)(O)C(F)(F)F. The first-order valence-corrected chi connectivity index (χ1v) is 6.24. The lowest BCUT2D eigenvalue weighted by Crippen LogP contribution is -2.51. The van der Waals surface area contributed by atoms with E-state index in [1.54, 1.807) is 0 Å². The van der Waals surface area contributed by atoms with Gasteiger partial charge in [0.05, 0.1) is 12.5 Å². The summed E-state index contributed by atoms with van der Waals surface area (Å²) in [6, 6.07) is 0. The second-order valence-corrected chi connectivity index (χ2v) is 4.96. The molecule has 2 atom stereocenters. The molecule has 0 heterocycles. The van der Waals surface area contributed by atoms with Gasteiger partial charge >= 0.3 is 12.1 Å². The van der Waals surface area contributed by atoms with Gasteiger partial charge in [-0.1, -0.05) is 6.92 Å². The van der Waals surface area contributed by atoms with Crippen molar-refractivity contribution in [1.82, 2.24) is 4.90 Å². The molecule has 5 nitrogen and oxygen atoms in total. The zero-order chi connectivity index (χ0) is 17.0. The molecule has 0 saturated carbocycles. The van der Waals surface area contributed by atoms with E-state index in [1.165, 1.54) is 25.9 Å². The second-order valence-electron chi connectivity index (χ2n) is 4.96. The fraction of sp³-hybridized carbons (Fsp3) is 0.692. The first kappa shape index (κ1) is 19.4. The Kier molecular flexibility index (Phi) is 6.41. The molecule has 0 spiro atoms. The molecule has 1 N–H and O–H groups in total. The van der Waals surface area contributed by atoms with Crippen LogP contribution >= 0.6 is 0 Å². The molecule has 0 aliphatic heterocycles. The Morgan fingerprint density at radius 2 is 1.81 bits per heavy atom. The van der Waals surface area contributed by atoms with Gasteiger partial charge in [-0.05, 0) is 13.8 Å². The van der Waals surface area contributed by atoms with E-state index in [0.29, 0.717) is 6.92 Å². The molecular weight excluding hydrogens is 291 g/mol. The van der Waals surface area contributed by atoms with Crippen LogP contribution in [0.4, 0.5) is 13.2 Å². The largest absolute Gasteiger partial charge is 0.462 e. The molecule has 0 radical (unpaired) electrons. The average molecular weight is 311 g/mol. The van der Waals surface area contributed by atoms with Gasteiger partial charge in [0.2, 0.25) is 0 Å². The highest BCUT2D eigenvalue weighted by molar-refractivity contribution is 6.18. The quantitative estimate of drug-likeness (QED) is 0.349. The first-order valence-electron chi connectivity index (χ1n) is 6.24. The molecule has 0 saturated heterocycles. The van der Waals surface area contributed by atoms with Crippen LogP contribution in [0.1, 0.15) is 20.8 Å². The van der Waals surface area contributed by atoms with Crippen LogP contribution in [0.15, 0.2) is 11.8 Å². The monoisotopic (exact) mass is 311 g/mol. The minimum absolute atomic E-state index is 0.0269. The van der Waals surface area contributed by atoms with E-state index in [1.807, 2.05) is 0 Å². The number of carbonyl (C=O) groups excluding carboxylic acids is 2. The van der Waals surface area contributed by atoms with Crippen LogP contribution in [0.2, 0.25) is 0 Å². The van der Waals surface area contributed by atoms with Gasteiger partial charge in [-0.2, -0.15) is 13.2 Å². The average Bonchev–Trinajstić information content (AvgIpc) is 2.32. The van der Waals surface area contributed by atoms with Crippen LogP contribution in [0, 0.1) is 5.92 Å². The Hall–Kier alpha value is -1.57. The molecule has 0 amide bonds. The minimum Gasteiger partial charge on any atom is -0.462 e. The molecule has 122 valence electrons. The number of alkyl halides is 3. The Morgan fingerprint density at radius 1 is 1.33 bits per heavy atom. The highest BCUT2D eigenvalue weighted by Gasteiger charge is 2.56. The predicted octanol–water partition coefficient (Wildman–Crippen LogP) is 1.51. The maximum atomic E-state index is 12.8. The second kappa shape index (κ2) is 6.93. The van der Waals surface area contributed by atoms with Gasteiger partial charge < -0.3 is 14.7 Å². The Balaban J connectivity index is 5.56. The zero-order valence-electron chi connectivity index (χ0n) is 12.6. The third-order valence-corrected chi connectivity index (χ3v) is 2.96. The van der Waals surface area contributed by atoms with E-state index in [0.717, 1.165) is 13.1 Å². The number of hydrogen-bond donors (Lipinski definition) is 1. The molecule has 0 bridgehead atoms. The highest BCUT2D eigenvalue weighted by Crippen LogP contribution is 2.37. The standard InChI is InChI=1S/C13H20F3NO4/c1-6-21-11(19)9(7-17(4)5)10(18)8(2)12(3,20)13(14,15)16/h7-8,20H,6H2,1-5H3/t8-,12+/m0/s1. The number of hydrogen-bond acceptors (Lipinski definition) is 5. The Morgan fingerprint density at radius 3 is 2.14 bits per heavy atom. The topological polar surface area (TPSA) is 66.8 Å². The molecule has 0 rings (SSSR count). The molecule has 0 aliphatic rings. The molecule has 0 aromatic carbocycles. The molecule has 0 unspecified atom stereocenters. The van der Waals surface area contributed by atoms with Gasteiger partial charge in [0, 0.05) is 20.3 Å². The molecular formula is C13H20F3NO4. The van der Waals surface area contributed by atoms with Crippen LogP contribution in [0.5, 0.6) is 0 Å². The first-order chi connectivity index (χ1) is 9.36. The molecule has 21 heavy (non-hydrogen) atoms. The smallest absolute Gasteiger partial charge is 0.417 e. The lowest BCUT2D eigenvalue weighted by atomic mass is 9.84. The van der Waals surface area contributed by atoms with E-state index in [2.05, 4.69) is 4.74 Å². The van der Waals surface area contributed by atoms with E-state index in [4.69, 9.17) is 0 Å². The third kappa shape index (κ3) is 4.73. The normalized spacial score (nSPS) is 16.9. The number of Topliss-reactive ketones (excluding diaryl/α,β-unsaturated/α-hetero) is 1. The number of halogens is 3. The summed E-state index contributed by atoms with van der Waals surface area (Å²) >= 11 is 0. The fourth-order valence-electron chi connectivity index (χ4n) is 1.42. The van der Waals surface area contributed by atoms with E-state index < -0.39 is 35.0 Å². The van der Waals surface area contributed by atoms with Crippen molar-refractivity contribution in [2.75, 3.05) is 20.7 Å². The van der Waals surface area contributed by atoms with Crippen LogP contribution in [0.3, 0.4) is 0 Å². The molecule has 0 aromatic heterocycles. The number of ether oxygens (including phenoxy) is 1. The number of aliphatic hydroxyl groups is 1. The maximum Gasteiger partial charge on any atom is 0.417 e. The summed E-state index contributed by atoms with van der Waals surface area (Å²) in [6.07, 6.45) is -3.93. The summed E-state index contributed by atoms with van der Waals surface area (Å²) in [5.74, 6) is -4.02. The van der Waals surface area contributed by atoms with Crippen molar-refractivity contribution in [3.05, 3.63) is 11.8 Å². The van der Waals surface area contributed by atoms with E-state index in [-0.39, 0.29) is 6.61 Å². The lowest BCUT2D eigenvalue weighted by Gasteiger charge is -2.31. The summed E-state index contributed by atoms with van der Waals surface area (Å²) in [7, 11) is 3.00. The number of ketones is 1. The van der Waals surface area contributed by atoms with Gasteiger partial charge in [0.15, 0.2) is 11.4 Å². The van der Waals surface area contributed by atoms with Crippen molar-refractivity contribution in [3.63, 3.8) is 0 Å². The van der Waals surface area contributed by atoms with Crippen LogP contribution in [0.25, 0.3) is 0 Å². The van der Waals surface area contributed by atoms with Crippen molar-refractivity contribution < 1.29 is 32.6 Å². The summed E-state index contributed by atoms with van der Waals surface area (Å²) < 4.78 is 43.0. The Labute approximate surface area is 121 Å². The summed E-state index contributed by atoms with van der Waals surface area (Å²) in [5, 5.41) is 9.55. The number of nitrogens with zero attached hydrogens (tertiary/aromatic N) is 1. The van der Waals surface area contributed by atoms with Crippen LogP contribution in [-0.4, -0.2) is 54.2 Å². The molecule has 0 aliphatic carbocycles. The summed E-state index contributed by atoms with van der Waals surface area (Å²) in [6.45, 7) is 2.89. The fourth-order valence-corrected chi connectivity index (χ4v) is 1.42. The molecule has 0 aromatic rings. The van der Waals surface area contributed by atoms with Crippen molar-refractivity contribution in [3.8, 4) is 0 Å². The molecule has 0 fully saturated rings. The van der Waals surface area contributed by atoms with Crippen molar-refractivity contribution in [1.29, 1.82) is 0 Å². The number of rotatable bonds is 6. The van der Waals surface area contributed by atoms with Crippen LogP contribution in [-0.2, 0) is 14.3 Å². The maximum absolute atomic E-state index is 12.8. The predicted molar refractivity (Wildman–Crippen MR) is 69.3 cm³/mol. The van der Waals surface area contributed by atoms with Gasteiger partial charge in [-0.15, -0.1) is 0 Å². The van der Waals surface area contributed by atoms with Crippen molar-refractivity contribution in [2.24, 2.45) is 5.92 Å². The minimum atomic E-state index is -5.00. The highest BCUT2D eigenvalue weighted by atomic mass is 19.4. The number of esters is 1. The van der Waals surface area contributed by atoms with E-state index in [9.17, 15) is 27.9 Å².